The second-order valence-electron chi connectivity index (χ2n) is 8.39. The molecule has 13 heteroatoms. The summed E-state index contributed by atoms with van der Waals surface area (Å²) in [6.45, 7) is 1.35. The molecule has 210 valence electrons. The van der Waals surface area contributed by atoms with E-state index in [1.54, 1.807) is 49.4 Å². The Hall–Kier alpha value is -5.30. The second-order valence-corrected chi connectivity index (χ2v) is 10.3. The number of benzene rings is 3. The molecule has 4 aromatic rings. The number of hydrazone groups is 1. The SMILES string of the molecule is CCOC(=O)c1ccc(-c2ccc(/C=N\NC(=O)CN(c3ccc([N+](=O)[O-])cc3)S(=O)(=O)c3ccccc3)o2)cc1. The molecule has 0 bridgehead atoms. The van der Waals surface area contributed by atoms with E-state index in [0.29, 0.717) is 22.6 Å². The van der Waals surface area contributed by atoms with Crippen molar-refractivity contribution in [1.29, 1.82) is 0 Å². The van der Waals surface area contributed by atoms with Gasteiger partial charge in [-0.1, -0.05) is 30.3 Å². The first-order valence-electron chi connectivity index (χ1n) is 12.2. The molecule has 0 saturated heterocycles. The van der Waals surface area contributed by atoms with Crippen molar-refractivity contribution in [3.8, 4) is 11.3 Å². The molecule has 4 rings (SSSR count). The van der Waals surface area contributed by atoms with Gasteiger partial charge in [0.15, 0.2) is 0 Å². The molecule has 0 saturated carbocycles. The molecule has 1 heterocycles. The summed E-state index contributed by atoms with van der Waals surface area (Å²) in [4.78, 5) is 34.9. The van der Waals surface area contributed by atoms with Crippen LogP contribution in [-0.4, -0.2) is 44.6 Å². The summed E-state index contributed by atoms with van der Waals surface area (Å²) in [5, 5.41) is 14.9. The van der Waals surface area contributed by atoms with Crippen LogP contribution in [0.5, 0.6) is 0 Å². The lowest BCUT2D eigenvalue weighted by Gasteiger charge is -2.23. The number of hydrogen-bond acceptors (Lipinski definition) is 9. The van der Waals surface area contributed by atoms with Crippen molar-refractivity contribution in [1.82, 2.24) is 5.43 Å². The number of ether oxygens (including phenoxy) is 1. The Morgan fingerprint density at radius 1 is 1.00 bits per heavy atom. The highest BCUT2D eigenvalue weighted by molar-refractivity contribution is 7.92. The van der Waals surface area contributed by atoms with Gasteiger partial charge in [-0.15, -0.1) is 0 Å². The van der Waals surface area contributed by atoms with E-state index in [-0.39, 0.29) is 22.9 Å². The van der Waals surface area contributed by atoms with E-state index in [9.17, 15) is 28.1 Å². The molecule has 0 aliphatic heterocycles. The van der Waals surface area contributed by atoms with Gasteiger partial charge in [0.05, 0.1) is 33.9 Å². The normalized spacial score (nSPS) is 11.2. The Morgan fingerprint density at radius 2 is 1.68 bits per heavy atom. The fraction of sp³-hybridized carbons (Fsp3) is 0.107. The average Bonchev–Trinajstić information content (AvgIpc) is 3.45. The van der Waals surface area contributed by atoms with Crippen molar-refractivity contribution in [2.45, 2.75) is 11.8 Å². The number of nitrogens with one attached hydrogen (secondary N) is 1. The molecule has 1 N–H and O–H groups in total. The number of nitro groups is 1. The van der Waals surface area contributed by atoms with Gasteiger partial charge in [0.2, 0.25) is 0 Å². The number of non-ortho nitro benzene ring substituents is 1. The summed E-state index contributed by atoms with van der Waals surface area (Å²) in [6.07, 6.45) is 1.25. The average molecular weight is 577 g/mol. The number of rotatable bonds is 11. The molecule has 0 spiro atoms. The van der Waals surface area contributed by atoms with Crippen LogP contribution in [0.15, 0.2) is 105 Å². The predicted octanol–water partition coefficient (Wildman–Crippen LogP) is 4.38. The number of anilines is 1. The van der Waals surface area contributed by atoms with Gasteiger partial charge >= 0.3 is 5.97 Å². The van der Waals surface area contributed by atoms with E-state index in [0.717, 1.165) is 16.4 Å². The van der Waals surface area contributed by atoms with Crippen molar-refractivity contribution in [3.63, 3.8) is 0 Å². The van der Waals surface area contributed by atoms with Crippen molar-refractivity contribution in [2.24, 2.45) is 5.10 Å². The smallest absolute Gasteiger partial charge is 0.338 e. The molecular weight excluding hydrogens is 552 g/mol. The maximum Gasteiger partial charge on any atom is 0.338 e. The number of nitro benzene ring substituents is 1. The molecule has 0 aliphatic rings. The summed E-state index contributed by atoms with van der Waals surface area (Å²) in [7, 11) is -4.20. The Morgan fingerprint density at radius 3 is 2.32 bits per heavy atom. The van der Waals surface area contributed by atoms with E-state index in [1.807, 2.05) is 0 Å². The number of carbonyl (C=O) groups excluding carboxylic acids is 2. The minimum Gasteiger partial charge on any atom is -0.462 e. The first kappa shape index (κ1) is 28.7. The van der Waals surface area contributed by atoms with Gasteiger partial charge in [0, 0.05) is 17.7 Å². The minimum absolute atomic E-state index is 0.0586. The van der Waals surface area contributed by atoms with Gasteiger partial charge in [-0.05, 0) is 55.5 Å². The molecule has 1 amide bonds. The highest BCUT2D eigenvalue weighted by atomic mass is 32.2. The number of carbonyl (C=O) groups is 2. The molecule has 12 nitrogen and oxygen atoms in total. The van der Waals surface area contributed by atoms with Crippen molar-refractivity contribution in [3.05, 3.63) is 112 Å². The molecular formula is C28H24N4O8S. The fourth-order valence-electron chi connectivity index (χ4n) is 3.67. The van der Waals surface area contributed by atoms with Gasteiger partial charge in [0.1, 0.15) is 18.1 Å². The van der Waals surface area contributed by atoms with Crippen LogP contribution in [0.25, 0.3) is 11.3 Å². The zero-order valence-electron chi connectivity index (χ0n) is 21.7. The van der Waals surface area contributed by atoms with Crippen LogP contribution in [-0.2, 0) is 19.6 Å². The number of nitrogens with zero attached hydrogens (tertiary/aromatic N) is 3. The third-order valence-corrected chi connectivity index (χ3v) is 7.44. The van der Waals surface area contributed by atoms with E-state index < -0.39 is 33.4 Å². The lowest BCUT2D eigenvalue weighted by molar-refractivity contribution is -0.384. The third-order valence-electron chi connectivity index (χ3n) is 5.66. The van der Waals surface area contributed by atoms with E-state index >= 15 is 0 Å². The number of hydrogen-bond donors (Lipinski definition) is 1. The number of esters is 1. The first-order valence-corrected chi connectivity index (χ1v) is 13.6. The largest absolute Gasteiger partial charge is 0.462 e. The molecule has 0 atom stereocenters. The van der Waals surface area contributed by atoms with Gasteiger partial charge in [-0.2, -0.15) is 5.10 Å². The number of sulfonamides is 1. The van der Waals surface area contributed by atoms with Crippen LogP contribution in [0.4, 0.5) is 11.4 Å². The maximum absolute atomic E-state index is 13.3. The zero-order chi connectivity index (χ0) is 29.4. The quantitative estimate of drug-likeness (QED) is 0.119. The summed E-state index contributed by atoms with van der Waals surface area (Å²) < 4.78 is 38.2. The van der Waals surface area contributed by atoms with Crippen LogP contribution in [0.1, 0.15) is 23.0 Å². The summed E-state index contributed by atoms with van der Waals surface area (Å²) >= 11 is 0. The molecule has 0 unspecified atom stereocenters. The van der Waals surface area contributed by atoms with E-state index in [2.05, 4.69) is 10.5 Å². The lowest BCUT2D eigenvalue weighted by atomic mass is 10.1. The topological polar surface area (TPSA) is 161 Å². The number of furan rings is 1. The van der Waals surface area contributed by atoms with Crippen molar-refractivity contribution in [2.75, 3.05) is 17.5 Å². The first-order chi connectivity index (χ1) is 19.7. The van der Waals surface area contributed by atoms with Crippen LogP contribution in [0.3, 0.4) is 0 Å². The van der Waals surface area contributed by atoms with Gasteiger partial charge in [-0.25, -0.2) is 18.6 Å². The summed E-state index contributed by atoms with van der Waals surface area (Å²) in [6, 6.07) is 22.2. The van der Waals surface area contributed by atoms with Gasteiger partial charge < -0.3 is 9.15 Å². The van der Waals surface area contributed by atoms with Crippen LogP contribution < -0.4 is 9.73 Å². The van der Waals surface area contributed by atoms with Crippen molar-refractivity contribution < 1.29 is 32.1 Å². The Kier molecular flexibility index (Phi) is 8.89. The molecule has 0 fully saturated rings. The highest BCUT2D eigenvalue weighted by Crippen LogP contribution is 2.26. The molecule has 41 heavy (non-hydrogen) atoms. The number of amides is 1. The minimum atomic E-state index is -4.20. The Labute approximate surface area is 235 Å². The van der Waals surface area contributed by atoms with Gasteiger partial charge in [-0.3, -0.25) is 19.2 Å². The summed E-state index contributed by atoms with van der Waals surface area (Å²) in [5.41, 5.74) is 3.21. The molecule has 1 aromatic heterocycles. The standard InChI is InChI=1S/C28H24N4O8S/c1-2-39-28(34)21-10-8-20(9-11-21)26-17-16-24(40-26)18-29-30-27(33)19-31(22-12-14-23(15-13-22)32(35)36)41(37,38)25-6-4-3-5-7-25/h3-18H,2,19H2,1H3,(H,30,33)/b29-18-. The van der Waals surface area contributed by atoms with Crippen LogP contribution in [0, 0.1) is 10.1 Å². The van der Waals surface area contributed by atoms with E-state index in [1.165, 1.54) is 42.6 Å². The van der Waals surface area contributed by atoms with Gasteiger partial charge in [0.25, 0.3) is 21.6 Å². The monoisotopic (exact) mass is 576 g/mol. The Balaban J connectivity index is 1.46. The predicted molar refractivity (Wildman–Crippen MR) is 150 cm³/mol. The van der Waals surface area contributed by atoms with Crippen LogP contribution >= 0.6 is 0 Å². The lowest BCUT2D eigenvalue weighted by Crippen LogP contribution is -2.39. The summed E-state index contributed by atoms with van der Waals surface area (Å²) in [5.74, 6) is -0.392. The molecule has 0 radical (unpaired) electrons. The zero-order valence-corrected chi connectivity index (χ0v) is 22.5. The van der Waals surface area contributed by atoms with Crippen LogP contribution in [0.2, 0.25) is 0 Å². The fourth-order valence-corrected chi connectivity index (χ4v) is 5.11. The highest BCUT2D eigenvalue weighted by Gasteiger charge is 2.27. The molecule has 3 aromatic carbocycles. The molecule has 0 aliphatic carbocycles. The third kappa shape index (κ3) is 7.02. The second kappa shape index (κ2) is 12.7. The van der Waals surface area contributed by atoms with Crippen molar-refractivity contribution >= 4 is 39.5 Å². The van der Waals surface area contributed by atoms with E-state index in [4.69, 9.17) is 9.15 Å². The maximum atomic E-state index is 13.3. The Bertz CT molecular complexity index is 1670.